The van der Waals surface area contributed by atoms with Crippen LogP contribution in [0.3, 0.4) is 0 Å². The van der Waals surface area contributed by atoms with Crippen molar-refractivity contribution in [1.29, 1.82) is 5.26 Å². The molecule has 7 nitrogen and oxygen atoms in total. The summed E-state index contributed by atoms with van der Waals surface area (Å²) < 4.78 is 8.13. The third kappa shape index (κ3) is 5.77. The van der Waals surface area contributed by atoms with Crippen LogP contribution in [0.25, 0.3) is 11.4 Å². The van der Waals surface area contributed by atoms with Gasteiger partial charge in [-0.1, -0.05) is 48.0 Å². The number of nitrogens with one attached hydrogen (secondary N) is 2. The van der Waals surface area contributed by atoms with Crippen molar-refractivity contribution < 1.29 is 9.53 Å². The Bertz CT molecular complexity index is 1400. The smallest absolute Gasteiger partial charge is 0.226 e. The van der Waals surface area contributed by atoms with Crippen molar-refractivity contribution in [1.82, 2.24) is 14.8 Å². The van der Waals surface area contributed by atoms with E-state index in [9.17, 15) is 4.79 Å². The van der Waals surface area contributed by atoms with E-state index in [2.05, 4.69) is 21.6 Å². The number of carbonyl (C=O) groups is 1. The van der Waals surface area contributed by atoms with Crippen molar-refractivity contribution in [2.24, 2.45) is 0 Å². The molecule has 34 heavy (non-hydrogen) atoms. The molecule has 1 heterocycles. The first-order valence-electron chi connectivity index (χ1n) is 10.8. The van der Waals surface area contributed by atoms with Gasteiger partial charge >= 0.3 is 0 Å². The number of rotatable bonds is 8. The Kier molecular flexibility index (Phi) is 7.16. The lowest BCUT2D eigenvalue weighted by Gasteiger charge is -2.10. The van der Waals surface area contributed by atoms with Crippen molar-refractivity contribution in [2.45, 2.75) is 26.5 Å². The minimum absolute atomic E-state index is 0.142. The van der Waals surface area contributed by atoms with E-state index < -0.39 is 0 Å². The first kappa shape index (κ1) is 23.0. The lowest BCUT2D eigenvalue weighted by atomic mass is 10.1. The van der Waals surface area contributed by atoms with E-state index in [4.69, 9.17) is 22.2 Å². The molecule has 0 saturated heterocycles. The summed E-state index contributed by atoms with van der Waals surface area (Å²) in [7, 11) is 0. The maximum Gasteiger partial charge on any atom is 0.226 e. The highest BCUT2D eigenvalue weighted by atomic mass is 32.1. The number of anilines is 1. The van der Waals surface area contributed by atoms with E-state index >= 15 is 0 Å². The molecule has 8 heteroatoms. The summed E-state index contributed by atoms with van der Waals surface area (Å²) in [4.78, 5) is 12.6. The highest BCUT2D eigenvalue weighted by Gasteiger charge is 2.11. The van der Waals surface area contributed by atoms with Gasteiger partial charge in [0.05, 0.1) is 11.6 Å². The fourth-order valence-electron chi connectivity index (χ4n) is 3.45. The molecule has 0 unspecified atom stereocenters. The maximum absolute atomic E-state index is 12.6. The predicted octanol–water partition coefficient (Wildman–Crippen LogP) is 5.40. The quantitative estimate of drug-likeness (QED) is 0.337. The summed E-state index contributed by atoms with van der Waals surface area (Å²) >= 11 is 5.36. The number of aromatic amines is 1. The van der Waals surface area contributed by atoms with Gasteiger partial charge < -0.3 is 10.1 Å². The second-order valence-corrected chi connectivity index (χ2v) is 8.18. The molecular formula is C26H23N5O2S. The molecule has 0 atom stereocenters. The number of aryl methyl sites for hydroxylation is 1. The van der Waals surface area contributed by atoms with Gasteiger partial charge in [0.15, 0.2) is 10.6 Å². The van der Waals surface area contributed by atoms with Crippen molar-refractivity contribution in [3.8, 4) is 23.2 Å². The number of aromatic nitrogens is 3. The molecule has 1 aromatic heterocycles. The van der Waals surface area contributed by atoms with E-state index in [1.807, 2.05) is 66.1 Å². The minimum atomic E-state index is -0.142. The topological polar surface area (TPSA) is 95.7 Å². The molecule has 0 aliphatic heterocycles. The van der Waals surface area contributed by atoms with Crippen LogP contribution in [0.4, 0.5) is 5.69 Å². The van der Waals surface area contributed by atoms with Crippen molar-refractivity contribution >= 4 is 23.8 Å². The number of carbonyl (C=O) groups excluding carboxylic acids is 1. The molecule has 4 rings (SSSR count). The number of nitrogens with zero attached hydrogens (tertiary/aromatic N) is 3. The number of benzene rings is 3. The maximum atomic E-state index is 12.6. The van der Waals surface area contributed by atoms with E-state index in [-0.39, 0.29) is 12.3 Å². The minimum Gasteiger partial charge on any atom is -0.489 e. The molecule has 0 radical (unpaired) electrons. The molecule has 1 amide bonds. The van der Waals surface area contributed by atoms with Gasteiger partial charge in [-0.2, -0.15) is 10.4 Å². The predicted molar refractivity (Wildman–Crippen MR) is 133 cm³/mol. The van der Waals surface area contributed by atoms with Crippen molar-refractivity contribution in [3.05, 3.63) is 94.3 Å². The first-order valence-corrected chi connectivity index (χ1v) is 11.2. The Labute approximate surface area is 202 Å². The third-order valence-corrected chi connectivity index (χ3v) is 5.52. The summed E-state index contributed by atoms with van der Waals surface area (Å²) in [6, 6.07) is 24.6. The molecule has 0 bridgehead atoms. The fourth-order valence-corrected chi connectivity index (χ4v) is 3.67. The Balaban J connectivity index is 1.36. The second kappa shape index (κ2) is 10.6. The van der Waals surface area contributed by atoms with Crippen LogP contribution < -0.4 is 10.1 Å². The van der Waals surface area contributed by atoms with Crippen LogP contribution in [0.2, 0.25) is 0 Å². The van der Waals surface area contributed by atoms with Crippen LogP contribution in [0, 0.1) is 23.0 Å². The SMILES string of the molecule is Cc1ccc(-c2n[nH]c(=S)n2CCC(=O)Nc2cccc(OCc3cccc(C#N)c3)c2)cc1. The van der Waals surface area contributed by atoms with Gasteiger partial charge in [0, 0.05) is 30.3 Å². The van der Waals surface area contributed by atoms with E-state index in [0.29, 0.717) is 40.7 Å². The molecule has 0 aliphatic carbocycles. The van der Waals surface area contributed by atoms with Crippen LogP contribution in [-0.4, -0.2) is 20.7 Å². The highest BCUT2D eigenvalue weighted by molar-refractivity contribution is 7.71. The summed E-state index contributed by atoms with van der Waals surface area (Å²) in [5.74, 6) is 1.18. The van der Waals surface area contributed by atoms with Gasteiger partial charge in [0.25, 0.3) is 0 Å². The summed E-state index contributed by atoms with van der Waals surface area (Å²) in [6.45, 7) is 2.75. The third-order valence-electron chi connectivity index (χ3n) is 5.21. The summed E-state index contributed by atoms with van der Waals surface area (Å²) in [5.41, 5.74) is 4.22. The van der Waals surface area contributed by atoms with Crippen molar-refractivity contribution in [3.63, 3.8) is 0 Å². The lowest BCUT2D eigenvalue weighted by molar-refractivity contribution is -0.116. The van der Waals surface area contributed by atoms with Crippen LogP contribution >= 0.6 is 12.2 Å². The van der Waals surface area contributed by atoms with Crippen LogP contribution in [0.15, 0.2) is 72.8 Å². The first-order chi connectivity index (χ1) is 16.5. The Hall–Kier alpha value is -4.22. The van der Waals surface area contributed by atoms with Crippen LogP contribution in [0.5, 0.6) is 5.75 Å². The largest absolute Gasteiger partial charge is 0.489 e. The molecule has 170 valence electrons. The second-order valence-electron chi connectivity index (χ2n) is 7.80. The molecule has 0 fully saturated rings. The van der Waals surface area contributed by atoms with Gasteiger partial charge in [0.2, 0.25) is 5.91 Å². The Morgan fingerprint density at radius 2 is 1.94 bits per heavy atom. The van der Waals surface area contributed by atoms with Gasteiger partial charge in [-0.15, -0.1) is 0 Å². The monoisotopic (exact) mass is 469 g/mol. The standard InChI is InChI=1S/C26H23N5O2S/c1-18-8-10-21(11-9-18)25-29-30-26(34)31(25)13-12-24(32)28-22-6-3-7-23(15-22)33-17-20-5-2-4-19(14-20)16-27/h2-11,14-15H,12-13,17H2,1H3,(H,28,32)(H,30,34). The summed E-state index contributed by atoms with van der Waals surface area (Å²) in [6.07, 6.45) is 0.235. The zero-order valence-electron chi connectivity index (χ0n) is 18.6. The van der Waals surface area contributed by atoms with Gasteiger partial charge in [-0.3, -0.25) is 14.5 Å². The van der Waals surface area contributed by atoms with Gasteiger partial charge in [0.1, 0.15) is 12.4 Å². The van der Waals surface area contributed by atoms with Crippen molar-refractivity contribution in [2.75, 3.05) is 5.32 Å². The van der Waals surface area contributed by atoms with E-state index in [0.717, 1.165) is 16.7 Å². The van der Waals surface area contributed by atoms with Gasteiger partial charge in [-0.05, 0) is 49.0 Å². The summed E-state index contributed by atoms with van der Waals surface area (Å²) in [5, 5.41) is 19.1. The fraction of sp³-hybridized carbons (Fsp3) is 0.154. The van der Waals surface area contributed by atoms with E-state index in [1.54, 1.807) is 18.2 Å². The number of amides is 1. The number of hydrogen-bond acceptors (Lipinski definition) is 5. The van der Waals surface area contributed by atoms with E-state index in [1.165, 1.54) is 0 Å². The number of ether oxygens (including phenoxy) is 1. The molecule has 0 spiro atoms. The molecule has 0 aliphatic rings. The van der Waals surface area contributed by atoms with Gasteiger partial charge in [-0.25, -0.2) is 0 Å². The average molecular weight is 470 g/mol. The zero-order chi connectivity index (χ0) is 23.9. The average Bonchev–Trinajstić information content (AvgIpc) is 3.22. The lowest BCUT2D eigenvalue weighted by Crippen LogP contribution is -2.15. The molecule has 3 aromatic carbocycles. The Morgan fingerprint density at radius 3 is 2.74 bits per heavy atom. The number of hydrogen-bond donors (Lipinski definition) is 2. The Morgan fingerprint density at radius 1 is 1.15 bits per heavy atom. The zero-order valence-corrected chi connectivity index (χ0v) is 19.4. The normalized spacial score (nSPS) is 10.5. The number of nitriles is 1. The van der Waals surface area contributed by atoms with Crippen LogP contribution in [-0.2, 0) is 17.9 Å². The molecule has 4 aromatic rings. The molecular weight excluding hydrogens is 446 g/mol. The molecule has 2 N–H and O–H groups in total. The van der Waals surface area contributed by atoms with Crippen LogP contribution in [0.1, 0.15) is 23.1 Å². The highest BCUT2D eigenvalue weighted by Crippen LogP contribution is 2.21. The number of H-pyrrole nitrogens is 1. The molecule has 0 saturated carbocycles.